The monoisotopic (exact) mass is 327 g/mol. The zero-order valence-electron chi connectivity index (χ0n) is 12.7. The Kier molecular flexibility index (Phi) is 4.48. The predicted molar refractivity (Wildman–Crippen MR) is 93.2 cm³/mol. The van der Waals surface area contributed by atoms with Crippen molar-refractivity contribution in [1.29, 1.82) is 0 Å². The molecule has 0 radical (unpaired) electrons. The van der Waals surface area contributed by atoms with Gasteiger partial charge in [0, 0.05) is 16.6 Å². The lowest BCUT2D eigenvalue weighted by Crippen LogP contribution is -2.08. The molecule has 0 fully saturated rings. The minimum Gasteiger partial charge on any atom is -0.508 e. The average molecular weight is 327 g/mol. The van der Waals surface area contributed by atoms with Crippen LogP contribution in [-0.2, 0) is 11.3 Å². The van der Waals surface area contributed by atoms with Gasteiger partial charge in [0.2, 0.25) is 0 Å². The van der Waals surface area contributed by atoms with Gasteiger partial charge in [-0.2, -0.15) is 0 Å². The summed E-state index contributed by atoms with van der Waals surface area (Å²) in [5.41, 5.74) is 1.66. The maximum absolute atomic E-state index is 12.3. The Morgan fingerprint density at radius 3 is 2.74 bits per heavy atom. The highest BCUT2D eigenvalue weighted by molar-refractivity contribution is 7.23. The smallest absolute Gasteiger partial charge is 0.341 e. The number of carbonyl (C=O) groups excluding carboxylic acids is 1. The number of esters is 1. The Hall–Kier alpha value is -2.53. The first-order valence-corrected chi connectivity index (χ1v) is 8.21. The average Bonchev–Trinajstić information content (AvgIpc) is 2.91. The molecular formula is C18H17NO3S. The number of rotatable bonds is 5. The summed E-state index contributed by atoms with van der Waals surface area (Å²) < 4.78 is 6.03. The SMILES string of the molecule is CCOC(=O)c1c(NCc2ccccc2)sc2cc(O)ccc12. The van der Waals surface area contributed by atoms with E-state index in [0.29, 0.717) is 18.7 Å². The van der Waals surface area contributed by atoms with Crippen molar-refractivity contribution in [3.8, 4) is 5.75 Å². The van der Waals surface area contributed by atoms with Crippen LogP contribution in [0.5, 0.6) is 5.75 Å². The fourth-order valence-corrected chi connectivity index (χ4v) is 3.51. The minimum absolute atomic E-state index is 0.184. The molecular weight excluding hydrogens is 310 g/mol. The Morgan fingerprint density at radius 2 is 2.00 bits per heavy atom. The number of anilines is 1. The van der Waals surface area contributed by atoms with Crippen molar-refractivity contribution in [3.63, 3.8) is 0 Å². The zero-order valence-corrected chi connectivity index (χ0v) is 13.5. The molecule has 0 aliphatic rings. The molecule has 0 amide bonds. The van der Waals surface area contributed by atoms with Crippen molar-refractivity contribution in [2.24, 2.45) is 0 Å². The van der Waals surface area contributed by atoms with E-state index < -0.39 is 0 Å². The Balaban J connectivity index is 1.97. The van der Waals surface area contributed by atoms with E-state index in [1.165, 1.54) is 11.3 Å². The number of phenols is 1. The van der Waals surface area contributed by atoms with Gasteiger partial charge in [0.1, 0.15) is 16.3 Å². The van der Waals surface area contributed by atoms with Gasteiger partial charge in [0.15, 0.2) is 0 Å². The van der Waals surface area contributed by atoms with E-state index in [1.807, 2.05) is 30.3 Å². The summed E-state index contributed by atoms with van der Waals surface area (Å²) in [7, 11) is 0. The molecule has 0 atom stereocenters. The van der Waals surface area contributed by atoms with Crippen LogP contribution in [-0.4, -0.2) is 17.7 Å². The van der Waals surface area contributed by atoms with Crippen LogP contribution in [0, 0.1) is 0 Å². The van der Waals surface area contributed by atoms with Crippen molar-refractivity contribution in [2.45, 2.75) is 13.5 Å². The van der Waals surface area contributed by atoms with Crippen molar-refractivity contribution >= 4 is 32.4 Å². The summed E-state index contributed by atoms with van der Waals surface area (Å²) >= 11 is 1.44. The molecule has 0 bridgehead atoms. The predicted octanol–water partition coefficient (Wildman–Crippen LogP) is 4.40. The van der Waals surface area contributed by atoms with Gasteiger partial charge < -0.3 is 15.2 Å². The van der Waals surface area contributed by atoms with Crippen molar-refractivity contribution in [3.05, 3.63) is 59.7 Å². The van der Waals surface area contributed by atoms with Gasteiger partial charge >= 0.3 is 5.97 Å². The highest BCUT2D eigenvalue weighted by atomic mass is 32.1. The summed E-state index contributed by atoms with van der Waals surface area (Å²) in [6.45, 7) is 2.73. The number of ether oxygens (including phenoxy) is 1. The maximum Gasteiger partial charge on any atom is 0.341 e. The van der Waals surface area contributed by atoms with Gasteiger partial charge in [0.25, 0.3) is 0 Å². The topological polar surface area (TPSA) is 58.6 Å². The van der Waals surface area contributed by atoms with Crippen LogP contribution >= 0.6 is 11.3 Å². The summed E-state index contributed by atoms with van der Waals surface area (Å²) in [6.07, 6.45) is 0. The van der Waals surface area contributed by atoms with Crippen LogP contribution in [0.15, 0.2) is 48.5 Å². The normalized spacial score (nSPS) is 10.7. The number of fused-ring (bicyclic) bond motifs is 1. The maximum atomic E-state index is 12.3. The van der Waals surface area contributed by atoms with Gasteiger partial charge in [-0.05, 0) is 30.7 Å². The minimum atomic E-state index is -0.347. The van der Waals surface area contributed by atoms with Gasteiger partial charge in [-0.1, -0.05) is 30.3 Å². The molecule has 3 aromatic rings. The van der Waals surface area contributed by atoms with Crippen LogP contribution in [0.1, 0.15) is 22.8 Å². The van der Waals surface area contributed by atoms with E-state index in [2.05, 4.69) is 5.32 Å². The number of benzene rings is 2. The van der Waals surface area contributed by atoms with Gasteiger partial charge in [-0.25, -0.2) is 4.79 Å². The van der Waals surface area contributed by atoms with E-state index in [4.69, 9.17) is 4.74 Å². The molecule has 0 saturated heterocycles. The third-order valence-electron chi connectivity index (χ3n) is 3.45. The summed E-state index contributed by atoms with van der Waals surface area (Å²) in [5.74, 6) is -0.163. The number of hydrogen-bond donors (Lipinski definition) is 2. The third kappa shape index (κ3) is 3.29. The Labute approximate surface area is 138 Å². The highest BCUT2D eigenvalue weighted by Crippen LogP contribution is 2.38. The first-order chi connectivity index (χ1) is 11.2. The molecule has 1 heterocycles. The van der Waals surface area contributed by atoms with E-state index >= 15 is 0 Å². The van der Waals surface area contributed by atoms with Crippen LogP contribution in [0.25, 0.3) is 10.1 Å². The molecule has 0 aliphatic carbocycles. The summed E-state index contributed by atoms with van der Waals surface area (Å²) in [4.78, 5) is 12.3. The molecule has 0 saturated carbocycles. The fraction of sp³-hybridized carbons (Fsp3) is 0.167. The van der Waals surface area contributed by atoms with E-state index in [1.54, 1.807) is 25.1 Å². The van der Waals surface area contributed by atoms with Gasteiger partial charge in [-0.15, -0.1) is 11.3 Å². The quantitative estimate of drug-likeness (QED) is 0.682. The molecule has 2 aromatic carbocycles. The number of phenolic OH excluding ortho intramolecular Hbond substituents is 1. The van der Waals surface area contributed by atoms with Crippen molar-refractivity contribution < 1.29 is 14.6 Å². The largest absolute Gasteiger partial charge is 0.508 e. The van der Waals surface area contributed by atoms with Crippen molar-refractivity contribution in [1.82, 2.24) is 0 Å². The number of nitrogens with one attached hydrogen (secondary N) is 1. The molecule has 5 heteroatoms. The Morgan fingerprint density at radius 1 is 1.22 bits per heavy atom. The second kappa shape index (κ2) is 6.71. The second-order valence-corrected chi connectivity index (χ2v) is 6.10. The lowest BCUT2D eigenvalue weighted by molar-refractivity contribution is 0.0530. The van der Waals surface area contributed by atoms with Crippen LogP contribution in [0.2, 0.25) is 0 Å². The highest BCUT2D eigenvalue weighted by Gasteiger charge is 2.20. The lowest BCUT2D eigenvalue weighted by Gasteiger charge is -2.07. The van der Waals surface area contributed by atoms with Crippen LogP contribution < -0.4 is 5.32 Å². The molecule has 23 heavy (non-hydrogen) atoms. The van der Waals surface area contributed by atoms with E-state index in [9.17, 15) is 9.90 Å². The fourth-order valence-electron chi connectivity index (χ4n) is 2.39. The molecule has 1 aromatic heterocycles. The van der Waals surface area contributed by atoms with Gasteiger partial charge in [0.05, 0.1) is 6.61 Å². The lowest BCUT2D eigenvalue weighted by atomic mass is 10.1. The van der Waals surface area contributed by atoms with Crippen molar-refractivity contribution in [2.75, 3.05) is 11.9 Å². The number of carbonyl (C=O) groups is 1. The van der Waals surface area contributed by atoms with E-state index in [-0.39, 0.29) is 11.7 Å². The first kappa shape index (κ1) is 15.4. The van der Waals surface area contributed by atoms with Crippen LogP contribution in [0.4, 0.5) is 5.00 Å². The first-order valence-electron chi connectivity index (χ1n) is 7.39. The standard InChI is InChI=1S/C18H17NO3S/c1-2-22-18(21)16-14-9-8-13(20)10-15(14)23-17(16)19-11-12-6-4-3-5-7-12/h3-10,19-20H,2,11H2,1H3. The second-order valence-electron chi connectivity index (χ2n) is 5.05. The Bertz CT molecular complexity index is 827. The molecule has 0 unspecified atom stereocenters. The number of thiophene rings is 1. The summed E-state index contributed by atoms with van der Waals surface area (Å²) in [6, 6.07) is 15.0. The number of aromatic hydroxyl groups is 1. The molecule has 4 nitrogen and oxygen atoms in total. The molecule has 0 aliphatic heterocycles. The summed E-state index contributed by atoms with van der Waals surface area (Å²) in [5, 5.41) is 14.5. The molecule has 3 rings (SSSR count). The molecule has 2 N–H and O–H groups in total. The third-order valence-corrected chi connectivity index (χ3v) is 4.56. The van der Waals surface area contributed by atoms with Crippen LogP contribution in [0.3, 0.4) is 0 Å². The van der Waals surface area contributed by atoms with E-state index in [0.717, 1.165) is 20.7 Å². The number of hydrogen-bond acceptors (Lipinski definition) is 5. The van der Waals surface area contributed by atoms with Gasteiger partial charge in [-0.3, -0.25) is 0 Å². The molecule has 118 valence electrons. The zero-order chi connectivity index (χ0) is 16.2. The molecule has 0 spiro atoms.